The fourth-order valence-corrected chi connectivity index (χ4v) is 9.39. The molecule has 8 nitrogen and oxygen atoms in total. The summed E-state index contributed by atoms with van der Waals surface area (Å²) >= 11 is 0. The van der Waals surface area contributed by atoms with Crippen LogP contribution in [0.25, 0.3) is 0 Å². The summed E-state index contributed by atoms with van der Waals surface area (Å²) in [5.41, 5.74) is 10.4. The molecule has 0 atom stereocenters. The van der Waals surface area contributed by atoms with Crippen LogP contribution in [-0.4, -0.2) is 32.9 Å². The monoisotopic (exact) mass is 1280 g/mol. The zero-order valence-corrected chi connectivity index (χ0v) is 64.0. The molecule has 0 amide bonds. The number of pyridine rings is 2. The topological polar surface area (TPSA) is 124 Å². The molecule has 0 spiro atoms. The molecule has 0 saturated carbocycles. The van der Waals surface area contributed by atoms with Crippen molar-refractivity contribution in [3.63, 3.8) is 0 Å². The van der Waals surface area contributed by atoms with E-state index in [0.29, 0.717) is 26.2 Å². The predicted octanol–water partition coefficient (Wildman–Crippen LogP) is 16.5. The van der Waals surface area contributed by atoms with Gasteiger partial charge in [-0.25, -0.2) is 8.78 Å². The summed E-state index contributed by atoms with van der Waals surface area (Å²) in [6.07, 6.45) is 5.40. The van der Waals surface area contributed by atoms with Crippen LogP contribution in [-0.2, 0) is 108 Å². The van der Waals surface area contributed by atoms with Crippen molar-refractivity contribution in [1.82, 2.24) is 19.8 Å². The molecule has 0 radical (unpaired) electrons. The first-order valence-corrected chi connectivity index (χ1v) is 30.1. The van der Waals surface area contributed by atoms with E-state index in [2.05, 4.69) is 248 Å². The fraction of sp³-hybridized carbons (Fsp3) is 0.541. The van der Waals surface area contributed by atoms with Gasteiger partial charge in [0, 0.05) is 38.6 Å². The molecule has 86 heavy (non-hydrogen) atoms. The molecule has 6 aromatic rings. The Morgan fingerprint density at radius 3 is 0.651 bits per heavy atom. The van der Waals surface area contributed by atoms with E-state index >= 15 is 0 Å². The van der Waals surface area contributed by atoms with E-state index in [1.807, 2.05) is 0 Å². The van der Waals surface area contributed by atoms with Gasteiger partial charge in [0.15, 0.2) is 0 Å². The van der Waals surface area contributed by atoms with Crippen LogP contribution in [0.3, 0.4) is 0 Å². The molecular formula is C74H106F2N4O4Zn2. The molecular weight excluding hydrogens is 1180 g/mol. The minimum atomic E-state index is -0.289. The summed E-state index contributed by atoms with van der Waals surface area (Å²) < 4.78 is 23.7. The van der Waals surface area contributed by atoms with Crippen LogP contribution < -0.4 is 20.4 Å². The molecule has 0 bridgehead atoms. The van der Waals surface area contributed by atoms with E-state index in [1.54, 1.807) is 12.1 Å². The van der Waals surface area contributed by atoms with Crippen molar-refractivity contribution in [3.05, 3.63) is 176 Å². The van der Waals surface area contributed by atoms with Crippen LogP contribution in [0.2, 0.25) is 0 Å². The van der Waals surface area contributed by atoms with Gasteiger partial charge in [-0.1, -0.05) is 229 Å². The molecule has 0 aliphatic heterocycles. The van der Waals surface area contributed by atoms with Gasteiger partial charge in [0.1, 0.15) is 11.6 Å². The Kier molecular flexibility index (Phi) is 28.8. The molecule has 0 aliphatic carbocycles. The predicted molar refractivity (Wildman–Crippen MR) is 341 cm³/mol. The van der Waals surface area contributed by atoms with Crippen molar-refractivity contribution >= 4 is 0 Å². The number of halogens is 2. The second-order valence-electron chi connectivity index (χ2n) is 31.0. The van der Waals surface area contributed by atoms with E-state index in [0.717, 1.165) is 57.6 Å². The first-order chi connectivity index (χ1) is 38.1. The molecule has 2 aromatic heterocycles. The Morgan fingerprint density at radius 1 is 0.337 bits per heavy atom. The third-order valence-electron chi connectivity index (χ3n) is 15.1. The Hall–Kier alpha value is -4.59. The maximum absolute atomic E-state index is 13.5. The van der Waals surface area contributed by atoms with Gasteiger partial charge in [-0.2, -0.15) is 0 Å². The van der Waals surface area contributed by atoms with Gasteiger partial charge >= 0.3 is 39.0 Å². The minimum absolute atomic E-state index is 0. The van der Waals surface area contributed by atoms with Gasteiger partial charge in [-0.3, -0.25) is 19.8 Å². The largest absolute Gasteiger partial charge is 2.00 e. The molecule has 2 heterocycles. The summed E-state index contributed by atoms with van der Waals surface area (Å²) in [6, 6.07) is 22.6. The molecule has 0 N–H and O–H groups in total. The second kappa shape index (κ2) is 31.2. The van der Waals surface area contributed by atoms with Crippen LogP contribution in [0.1, 0.15) is 247 Å². The standard InChI is InChI=1S/2C32H51NO2.2C5H4FN.2Zn/c2*1-14-33(19-21-15-23(29(2,3)4)17-25(27(21)34)31(8,9)10)20-22-16-24(30(5,6)7)18-26(28(22)35)32(11,12)13;2*6-5-2-1-3-7-4-5;;/h2*15-18,34-35H,14,19-20H2,1-13H3;2*1-4H;;/q;;;;2*+2/p-4. The quantitative estimate of drug-likeness (QED) is 0.124. The molecule has 4 aromatic carbocycles. The summed E-state index contributed by atoms with van der Waals surface area (Å²) in [5, 5.41) is 54.2. The Labute approximate surface area is 546 Å². The molecule has 0 saturated heterocycles. The first kappa shape index (κ1) is 79.4. The van der Waals surface area contributed by atoms with Gasteiger partial charge in [0.05, 0.1) is 12.4 Å². The number of rotatable bonds is 10. The number of benzene rings is 4. The Bertz CT molecular complexity index is 2700. The van der Waals surface area contributed by atoms with E-state index in [-0.39, 0.29) is 117 Å². The van der Waals surface area contributed by atoms with Crippen LogP contribution in [0.4, 0.5) is 8.78 Å². The van der Waals surface area contributed by atoms with E-state index in [9.17, 15) is 29.2 Å². The second-order valence-corrected chi connectivity index (χ2v) is 31.0. The third-order valence-corrected chi connectivity index (χ3v) is 15.1. The van der Waals surface area contributed by atoms with Gasteiger partial charge in [-0.15, -0.1) is 23.0 Å². The van der Waals surface area contributed by atoms with Crippen molar-refractivity contribution in [1.29, 1.82) is 0 Å². The molecule has 464 valence electrons. The van der Waals surface area contributed by atoms with E-state index in [1.165, 1.54) is 59.2 Å². The average Bonchev–Trinajstić information content (AvgIpc) is 1.40. The van der Waals surface area contributed by atoms with E-state index < -0.39 is 0 Å². The van der Waals surface area contributed by atoms with Gasteiger partial charge in [-0.05, 0) is 147 Å². The van der Waals surface area contributed by atoms with Crippen molar-refractivity contribution in [3.8, 4) is 23.0 Å². The summed E-state index contributed by atoms with van der Waals surface area (Å²) in [4.78, 5) is 11.5. The molecule has 12 heteroatoms. The molecule has 0 aliphatic rings. The number of aromatic nitrogens is 2. The number of hydrogen-bond donors (Lipinski definition) is 0. The molecule has 6 rings (SSSR count). The zero-order valence-electron chi connectivity index (χ0n) is 58.1. The first-order valence-electron chi connectivity index (χ1n) is 30.1. The third kappa shape index (κ3) is 23.7. The minimum Gasteiger partial charge on any atom is -0.872 e. The Balaban J connectivity index is 0.000000683. The number of hydrogen-bond acceptors (Lipinski definition) is 8. The zero-order chi connectivity index (χ0) is 64.5. The van der Waals surface area contributed by atoms with Crippen molar-refractivity contribution in [2.45, 2.75) is 250 Å². The summed E-state index contributed by atoms with van der Waals surface area (Å²) in [7, 11) is 0. The number of nitrogens with zero attached hydrogens (tertiary/aromatic N) is 4. The smallest absolute Gasteiger partial charge is 0.872 e. The van der Waals surface area contributed by atoms with Crippen LogP contribution in [0, 0.1) is 11.6 Å². The maximum atomic E-state index is 13.5. The fourth-order valence-electron chi connectivity index (χ4n) is 9.39. The average molecular weight is 1280 g/mol. The van der Waals surface area contributed by atoms with Crippen molar-refractivity contribution < 1.29 is 68.2 Å². The summed E-state index contributed by atoms with van der Waals surface area (Å²) in [5.74, 6) is -0.0597. The van der Waals surface area contributed by atoms with Crippen LogP contribution in [0.15, 0.2) is 97.6 Å². The summed E-state index contributed by atoms with van der Waals surface area (Å²) in [6.45, 7) is 59.4. The van der Waals surface area contributed by atoms with Crippen LogP contribution >= 0.6 is 0 Å². The molecule has 0 fully saturated rings. The normalized spacial score (nSPS) is 12.4. The molecule has 0 unspecified atom stereocenters. The van der Waals surface area contributed by atoms with E-state index in [4.69, 9.17) is 0 Å². The SMILES string of the molecule is CCN(Cc1cc(C(C)(C)C)cc(C(C)(C)C)c1[O-])Cc1cc(C(C)(C)C)cc(C(C)(C)C)c1[O-].CCN(Cc1cc(C(C)(C)C)cc(C(C)(C)C)c1[O-])Cc1cc(C(C)(C)C)cc(C(C)(C)C)c1[O-].Fc1cccnc1.Fc1cccnc1.[Zn+2].[Zn+2]. The Morgan fingerprint density at radius 2 is 0.535 bits per heavy atom. The van der Waals surface area contributed by atoms with Gasteiger partial charge in [0.2, 0.25) is 0 Å². The van der Waals surface area contributed by atoms with Gasteiger partial charge in [0.25, 0.3) is 0 Å². The van der Waals surface area contributed by atoms with Crippen molar-refractivity contribution in [2.75, 3.05) is 13.1 Å². The van der Waals surface area contributed by atoms with Crippen molar-refractivity contribution in [2.24, 2.45) is 0 Å². The van der Waals surface area contributed by atoms with Gasteiger partial charge < -0.3 is 20.4 Å². The maximum Gasteiger partial charge on any atom is 2.00 e. The van der Waals surface area contributed by atoms with Crippen LogP contribution in [0.5, 0.6) is 23.0 Å².